The fraction of sp³-hybridized carbons (Fsp3) is 0.667. The van der Waals surface area contributed by atoms with E-state index >= 15 is 0 Å². The van der Waals surface area contributed by atoms with E-state index in [-0.39, 0.29) is 0 Å². The molecule has 0 N–H and O–H groups in total. The number of carbonyl (C=O) groups excluding carboxylic acids is 2. The zero-order valence-electron chi connectivity index (χ0n) is 6.54. The average molecular weight is 182 g/mol. The lowest BCUT2D eigenvalue weighted by Crippen LogP contribution is -2.29. The molecule has 6 heteroatoms. The normalized spacial score (nSPS) is 10.2. The van der Waals surface area contributed by atoms with Crippen LogP contribution >= 0.6 is 0 Å². The summed E-state index contributed by atoms with van der Waals surface area (Å²) in [4.78, 5) is 20.4. The minimum atomic E-state index is -3.03. The molecule has 0 fully saturated rings. The number of alkyl halides is 2. The Morgan fingerprint density at radius 2 is 1.42 bits per heavy atom. The molecule has 0 spiro atoms. The van der Waals surface area contributed by atoms with E-state index in [1.165, 1.54) is 0 Å². The van der Waals surface area contributed by atoms with Gasteiger partial charge in [-0.05, 0) is 0 Å². The van der Waals surface area contributed by atoms with Crippen molar-refractivity contribution in [3.8, 4) is 0 Å². The molecule has 0 aromatic heterocycles. The molecule has 0 aromatic carbocycles. The molecular formula is C6H8F2O4. The second-order valence-electron chi connectivity index (χ2n) is 1.92. The van der Waals surface area contributed by atoms with Gasteiger partial charge in [-0.3, -0.25) is 9.59 Å². The summed E-state index contributed by atoms with van der Waals surface area (Å²) in [5.41, 5.74) is 0. The molecule has 0 heterocycles. The lowest BCUT2D eigenvalue weighted by Gasteiger charge is -2.14. The standard InChI is InChI=1S/C6H8F2O4/c1-3(9)11-6(5(7)8)12-4(2)10/h5-6H,1-2H3. The Balaban J connectivity index is 4.04. The van der Waals surface area contributed by atoms with Crippen molar-refractivity contribution in [2.75, 3.05) is 0 Å². The van der Waals surface area contributed by atoms with Crippen molar-refractivity contribution in [1.29, 1.82) is 0 Å². The monoisotopic (exact) mass is 182 g/mol. The Bertz CT molecular complexity index is 164. The Labute approximate surface area is 67.4 Å². The van der Waals surface area contributed by atoms with E-state index in [1.807, 2.05) is 0 Å². The topological polar surface area (TPSA) is 52.6 Å². The summed E-state index contributed by atoms with van der Waals surface area (Å²) < 4.78 is 31.7. The van der Waals surface area contributed by atoms with Crippen LogP contribution in [0.25, 0.3) is 0 Å². The van der Waals surface area contributed by atoms with Crippen LogP contribution in [-0.2, 0) is 19.1 Å². The van der Waals surface area contributed by atoms with Crippen molar-refractivity contribution in [3.05, 3.63) is 0 Å². The van der Waals surface area contributed by atoms with Gasteiger partial charge >= 0.3 is 24.7 Å². The van der Waals surface area contributed by atoms with Crippen molar-refractivity contribution in [3.63, 3.8) is 0 Å². The molecule has 0 atom stereocenters. The molecule has 0 aliphatic heterocycles. The molecule has 12 heavy (non-hydrogen) atoms. The molecule has 0 saturated carbocycles. The first-order valence-corrected chi connectivity index (χ1v) is 3.06. The van der Waals surface area contributed by atoms with Crippen LogP contribution in [0.2, 0.25) is 0 Å². The fourth-order valence-corrected chi connectivity index (χ4v) is 0.454. The van der Waals surface area contributed by atoms with Gasteiger partial charge in [0.15, 0.2) is 0 Å². The molecule has 70 valence electrons. The molecule has 0 aromatic rings. The number of rotatable bonds is 3. The first kappa shape index (κ1) is 10.8. The Morgan fingerprint density at radius 3 is 1.58 bits per heavy atom. The molecular weight excluding hydrogens is 174 g/mol. The average Bonchev–Trinajstić information content (AvgIpc) is 1.83. The van der Waals surface area contributed by atoms with Gasteiger partial charge in [0.25, 0.3) is 0 Å². The number of esters is 2. The van der Waals surface area contributed by atoms with Crippen molar-refractivity contribution in [1.82, 2.24) is 0 Å². The predicted molar refractivity (Wildman–Crippen MR) is 33.3 cm³/mol. The molecule has 4 nitrogen and oxygen atoms in total. The highest BCUT2D eigenvalue weighted by Gasteiger charge is 2.26. The summed E-state index contributed by atoms with van der Waals surface area (Å²) in [5, 5.41) is 0. The Kier molecular flexibility index (Phi) is 4.17. The first-order valence-electron chi connectivity index (χ1n) is 3.06. The van der Waals surface area contributed by atoms with Crippen LogP contribution < -0.4 is 0 Å². The summed E-state index contributed by atoms with van der Waals surface area (Å²) in [5.74, 6) is -1.86. The number of hydrogen-bond acceptors (Lipinski definition) is 4. The van der Waals surface area contributed by atoms with E-state index in [4.69, 9.17) is 0 Å². The molecule has 0 radical (unpaired) electrons. The van der Waals surface area contributed by atoms with E-state index < -0.39 is 24.7 Å². The van der Waals surface area contributed by atoms with Crippen molar-refractivity contribution >= 4 is 11.9 Å². The van der Waals surface area contributed by atoms with Gasteiger partial charge in [0.05, 0.1) is 0 Å². The van der Waals surface area contributed by atoms with E-state index in [9.17, 15) is 18.4 Å². The Morgan fingerprint density at radius 1 is 1.08 bits per heavy atom. The molecule has 0 saturated heterocycles. The van der Waals surface area contributed by atoms with E-state index in [0.29, 0.717) is 0 Å². The van der Waals surface area contributed by atoms with Crippen molar-refractivity contribution in [2.45, 2.75) is 26.6 Å². The third-order valence-electron chi connectivity index (χ3n) is 0.770. The number of carbonyl (C=O) groups is 2. The second kappa shape index (κ2) is 4.63. The molecule has 0 aliphatic rings. The minimum Gasteiger partial charge on any atom is -0.419 e. The van der Waals surface area contributed by atoms with Crippen LogP contribution in [-0.4, -0.2) is 24.7 Å². The molecule has 0 bridgehead atoms. The summed E-state index contributed by atoms with van der Waals surface area (Å²) in [7, 11) is 0. The van der Waals surface area contributed by atoms with Crippen LogP contribution in [0.5, 0.6) is 0 Å². The van der Waals surface area contributed by atoms with Gasteiger partial charge in [-0.15, -0.1) is 0 Å². The molecule has 0 rings (SSSR count). The zero-order chi connectivity index (χ0) is 9.72. The predicted octanol–water partition coefficient (Wildman–Crippen LogP) is 0.704. The van der Waals surface area contributed by atoms with Crippen LogP contribution in [0.4, 0.5) is 8.78 Å². The molecule has 0 aliphatic carbocycles. The van der Waals surface area contributed by atoms with E-state index in [1.54, 1.807) is 0 Å². The summed E-state index contributed by atoms with van der Waals surface area (Å²) in [6, 6.07) is 0. The van der Waals surface area contributed by atoms with Gasteiger partial charge in [-0.25, -0.2) is 8.78 Å². The largest absolute Gasteiger partial charge is 0.419 e. The Hall–Kier alpha value is -1.20. The van der Waals surface area contributed by atoms with Crippen LogP contribution in [0, 0.1) is 0 Å². The van der Waals surface area contributed by atoms with Crippen LogP contribution in [0.3, 0.4) is 0 Å². The number of hydrogen-bond donors (Lipinski definition) is 0. The van der Waals surface area contributed by atoms with Gasteiger partial charge in [0, 0.05) is 13.8 Å². The molecule has 0 unspecified atom stereocenters. The smallest absolute Gasteiger partial charge is 0.311 e. The summed E-state index contributed by atoms with van der Waals surface area (Å²) >= 11 is 0. The van der Waals surface area contributed by atoms with Crippen LogP contribution in [0.15, 0.2) is 0 Å². The zero-order valence-corrected chi connectivity index (χ0v) is 6.54. The third kappa shape index (κ3) is 4.59. The van der Waals surface area contributed by atoms with Gasteiger partial charge in [0.1, 0.15) is 0 Å². The number of ether oxygens (including phenoxy) is 2. The van der Waals surface area contributed by atoms with Gasteiger partial charge < -0.3 is 9.47 Å². The van der Waals surface area contributed by atoms with Gasteiger partial charge in [-0.2, -0.15) is 0 Å². The van der Waals surface area contributed by atoms with E-state index in [0.717, 1.165) is 13.8 Å². The van der Waals surface area contributed by atoms with Crippen molar-refractivity contribution in [2.24, 2.45) is 0 Å². The third-order valence-corrected chi connectivity index (χ3v) is 0.770. The quantitative estimate of drug-likeness (QED) is 0.476. The number of halogens is 2. The lowest BCUT2D eigenvalue weighted by molar-refractivity contribution is -0.210. The fourth-order valence-electron chi connectivity index (χ4n) is 0.454. The minimum absolute atomic E-state index is 0.929. The summed E-state index contributed by atoms with van der Waals surface area (Å²) in [6.07, 6.45) is -5.13. The highest BCUT2D eigenvalue weighted by molar-refractivity contribution is 5.68. The van der Waals surface area contributed by atoms with Crippen molar-refractivity contribution < 1.29 is 27.8 Å². The first-order chi connectivity index (χ1) is 5.43. The molecule has 0 amide bonds. The summed E-state index contributed by atoms with van der Waals surface area (Å²) in [6.45, 7) is 1.89. The maximum absolute atomic E-state index is 11.9. The lowest BCUT2D eigenvalue weighted by atomic mass is 10.6. The highest BCUT2D eigenvalue weighted by Crippen LogP contribution is 2.07. The maximum Gasteiger partial charge on any atom is 0.311 e. The maximum atomic E-state index is 11.9. The SMILES string of the molecule is CC(=O)OC(OC(C)=O)C(F)F. The van der Waals surface area contributed by atoms with Gasteiger partial charge in [-0.1, -0.05) is 0 Å². The van der Waals surface area contributed by atoms with E-state index in [2.05, 4.69) is 9.47 Å². The second-order valence-corrected chi connectivity index (χ2v) is 1.92. The van der Waals surface area contributed by atoms with Crippen LogP contribution in [0.1, 0.15) is 13.8 Å². The van der Waals surface area contributed by atoms with Gasteiger partial charge in [0.2, 0.25) is 0 Å². The highest BCUT2D eigenvalue weighted by atomic mass is 19.3.